The minimum atomic E-state index is -1.63. The number of amides is 1. The summed E-state index contributed by atoms with van der Waals surface area (Å²) in [5.74, 6) is -2.58. The van der Waals surface area contributed by atoms with Crippen molar-refractivity contribution in [2.24, 2.45) is 5.73 Å². The van der Waals surface area contributed by atoms with Gasteiger partial charge in [-0.2, -0.15) is 0 Å². The maximum absolute atomic E-state index is 11.4. The third-order valence-corrected chi connectivity index (χ3v) is 2.64. The molecule has 1 heterocycles. The Bertz CT molecular complexity index is 725. The second kappa shape index (κ2) is 5.87. The lowest BCUT2D eigenvalue weighted by Gasteiger charge is -2.09. The fraction of sp³-hybridized carbons (Fsp3) is 0. The number of carboxylic acids is 1. The molecule has 1 aromatic heterocycles. The topological polar surface area (TPSA) is 146 Å². The summed E-state index contributed by atoms with van der Waals surface area (Å²) in [4.78, 5) is 36.4. The average Bonchev–Trinajstić information content (AvgIpc) is 2.47. The third kappa shape index (κ3) is 2.98. The van der Waals surface area contributed by atoms with E-state index in [0.29, 0.717) is 0 Å². The van der Waals surface area contributed by atoms with Crippen molar-refractivity contribution >= 4 is 17.6 Å². The largest absolute Gasteiger partial charge is 0.477 e. The number of aromatic nitrogens is 1. The lowest BCUT2D eigenvalue weighted by Crippen LogP contribution is -2.18. The van der Waals surface area contributed by atoms with E-state index in [4.69, 9.17) is 15.6 Å². The first kappa shape index (κ1) is 14.9. The van der Waals surface area contributed by atoms with Crippen LogP contribution in [0.2, 0.25) is 0 Å². The van der Waals surface area contributed by atoms with Gasteiger partial charge in [0.25, 0.3) is 5.69 Å². The van der Waals surface area contributed by atoms with Gasteiger partial charge in [-0.3, -0.25) is 19.9 Å². The Morgan fingerprint density at radius 2 is 2.05 bits per heavy atom. The van der Waals surface area contributed by atoms with Crippen LogP contribution in [0.3, 0.4) is 0 Å². The molecule has 0 aliphatic heterocycles. The molecule has 0 atom stereocenters. The van der Waals surface area contributed by atoms with Crippen LogP contribution >= 0.6 is 0 Å². The van der Waals surface area contributed by atoms with Gasteiger partial charge >= 0.3 is 5.97 Å². The molecular formula is C13H9N3O6. The SMILES string of the molecule is NC(=O)c1cc(Oc2cccnc2)cc([N+](=O)[O-])c1C(=O)O. The highest BCUT2D eigenvalue weighted by Gasteiger charge is 2.28. The number of hydrogen-bond acceptors (Lipinski definition) is 6. The molecule has 9 heteroatoms. The maximum atomic E-state index is 11.4. The van der Waals surface area contributed by atoms with E-state index >= 15 is 0 Å². The van der Waals surface area contributed by atoms with E-state index in [-0.39, 0.29) is 11.5 Å². The van der Waals surface area contributed by atoms with Gasteiger partial charge in [0.15, 0.2) is 0 Å². The molecular weight excluding hydrogens is 294 g/mol. The highest BCUT2D eigenvalue weighted by molar-refractivity contribution is 6.07. The van der Waals surface area contributed by atoms with E-state index < -0.39 is 33.6 Å². The molecule has 0 saturated heterocycles. The van der Waals surface area contributed by atoms with E-state index in [1.54, 1.807) is 6.07 Å². The van der Waals surface area contributed by atoms with Gasteiger partial charge in [-0.25, -0.2) is 4.79 Å². The number of ether oxygens (including phenoxy) is 1. The first-order valence-corrected chi connectivity index (χ1v) is 5.83. The molecule has 0 aliphatic carbocycles. The standard InChI is InChI=1S/C13H9N3O6/c14-12(17)9-4-8(22-7-2-1-3-15-6-7)5-10(16(20)21)11(9)13(18)19/h1-6H,(H2,14,17)(H,18,19). The fourth-order valence-electron chi connectivity index (χ4n) is 1.77. The fourth-order valence-corrected chi connectivity index (χ4v) is 1.77. The van der Waals surface area contributed by atoms with Gasteiger partial charge in [0, 0.05) is 6.20 Å². The number of benzene rings is 1. The molecule has 112 valence electrons. The molecule has 0 spiro atoms. The predicted octanol–water partition coefficient (Wildman–Crippen LogP) is 1.58. The molecule has 1 aromatic carbocycles. The first-order valence-electron chi connectivity index (χ1n) is 5.83. The van der Waals surface area contributed by atoms with Crippen LogP contribution in [0.4, 0.5) is 5.69 Å². The minimum absolute atomic E-state index is 0.0986. The second-order valence-corrected chi connectivity index (χ2v) is 4.08. The maximum Gasteiger partial charge on any atom is 0.343 e. The molecule has 9 nitrogen and oxygen atoms in total. The van der Waals surface area contributed by atoms with Crippen LogP contribution in [0.25, 0.3) is 0 Å². The number of nitro groups is 1. The number of primary amides is 1. The highest BCUT2D eigenvalue weighted by atomic mass is 16.6. The molecule has 3 N–H and O–H groups in total. The minimum Gasteiger partial charge on any atom is -0.477 e. The predicted molar refractivity (Wildman–Crippen MR) is 72.9 cm³/mol. The van der Waals surface area contributed by atoms with Gasteiger partial charge in [0.2, 0.25) is 5.91 Å². The molecule has 1 amide bonds. The second-order valence-electron chi connectivity index (χ2n) is 4.08. The van der Waals surface area contributed by atoms with Crippen LogP contribution < -0.4 is 10.5 Å². The number of nitro benzene ring substituents is 1. The molecule has 0 radical (unpaired) electrons. The van der Waals surface area contributed by atoms with E-state index in [1.165, 1.54) is 18.5 Å². The van der Waals surface area contributed by atoms with Crippen molar-refractivity contribution in [2.75, 3.05) is 0 Å². The summed E-state index contributed by atoms with van der Waals surface area (Å²) in [6.45, 7) is 0. The summed E-state index contributed by atoms with van der Waals surface area (Å²) >= 11 is 0. The quantitative estimate of drug-likeness (QED) is 0.629. The Balaban J connectivity index is 2.60. The molecule has 0 saturated carbocycles. The third-order valence-electron chi connectivity index (χ3n) is 2.64. The van der Waals surface area contributed by atoms with Crippen LogP contribution in [-0.4, -0.2) is 26.9 Å². The van der Waals surface area contributed by atoms with Gasteiger partial charge in [0.05, 0.1) is 22.7 Å². The van der Waals surface area contributed by atoms with Crippen molar-refractivity contribution in [3.05, 3.63) is 57.9 Å². The number of hydrogen-bond donors (Lipinski definition) is 2. The van der Waals surface area contributed by atoms with Crippen molar-refractivity contribution in [1.29, 1.82) is 0 Å². The molecule has 0 unspecified atom stereocenters. The molecule has 2 aromatic rings. The zero-order valence-corrected chi connectivity index (χ0v) is 10.9. The summed E-state index contributed by atoms with van der Waals surface area (Å²) < 4.78 is 5.33. The number of nitrogens with zero attached hydrogens (tertiary/aromatic N) is 2. The summed E-state index contributed by atoms with van der Waals surface area (Å²) in [5, 5.41) is 20.1. The number of aromatic carboxylic acids is 1. The van der Waals surface area contributed by atoms with Crippen molar-refractivity contribution < 1.29 is 24.4 Å². The lowest BCUT2D eigenvalue weighted by molar-refractivity contribution is -0.385. The van der Waals surface area contributed by atoms with Gasteiger partial charge in [0.1, 0.15) is 17.1 Å². The highest BCUT2D eigenvalue weighted by Crippen LogP contribution is 2.31. The Hall–Kier alpha value is -3.49. The smallest absolute Gasteiger partial charge is 0.343 e. The number of carbonyl (C=O) groups excluding carboxylic acids is 1. The lowest BCUT2D eigenvalue weighted by atomic mass is 10.0. The number of carbonyl (C=O) groups is 2. The molecule has 2 rings (SSSR count). The molecule has 0 aliphatic rings. The van der Waals surface area contributed by atoms with Crippen molar-refractivity contribution in [3.8, 4) is 11.5 Å². The summed E-state index contributed by atoms with van der Waals surface area (Å²) in [6, 6.07) is 5.05. The van der Waals surface area contributed by atoms with E-state index in [0.717, 1.165) is 12.1 Å². The number of pyridine rings is 1. The number of nitrogens with two attached hydrogens (primary N) is 1. The van der Waals surface area contributed by atoms with E-state index in [9.17, 15) is 19.7 Å². The average molecular weight is 303 g/mol. The van der Waals surface area contributed by atoms with Gasteiger partial charge in [-0.15, -0.1) is 0 Å². The van der Waals surface area contributed by atoms with Crippen LogP contribution in [-0.2, 0) is 0 Å². The monoisotopic (exact) mass is 303 g/mol. The zero-order valence-electron chi connectivity index (χ0n) is 10.9. The Morgan fingerprint density at radius 3 is 2.55 bits per heavy atom. The van der Waals surface area contributed by atoms with Crippen molar-refractivity contribution in [3.63, 3.8) is 0 Å². The van der Waals surface area contributed by atoms with E-state index in [2.05, 4.69) is 4.98 Å². The van der Waals surface area contributed by atoms with Crippen LogP contribution in [0.15, 0.2) is 36.7 Å². The molecule has 0 bridgehead atoms. The summed E-state index contributed by atoms with van der Waals surface area (Å²) in [7, 11) is 0. The Labute approximate surface area is 123 Å². The Kier molecular flexibility index (Phi) is 3.98. The molecule has 22 heavy (non-hydrogen) atoms. The zero-order chi connectivity index (χ0) is 16.3. The van der Waals surface area contributed by atoms with Crippen LogP contribution in [0.1, 0.15) is 20.7 Å². The van der Waals surface area contributed by atoms with Crippen molar-refractivity contribution in [2.45, 2.75) is 0 Å². The van der Waals surface area contributed by atoms with Crippen LogP contribution in [0.5, 0.6) is 11.5 Å². The normalized spacial score (nSPS) is 10.0. The van der Waals surface area contributed by atoms with E-state index in [1.807, 2.05) is 0 Å². The molecule has 0 fully saturated rings. The van der Waals surface area contributed by atoms with Gasteiger partial charge in [-0.1, -0.05) is 0 Å². The van der Waals surface area contributed by atoms with Crippen LogP contribution in [0, 0.1) is 10.1 Å². The van der Waals surface area contributed by atoms with Gasteiger partial charge in [-0.05, 0) is 18.2 Å². The first-order chi connectivity index (χ1) is 10.4. The van der Waals surface area contributed by atoms with Gasteiger partial charge < -0.3 is 15.6 Å². The number of carboxylic acid groups (broad SMARTS) is 1. The number of rotatable bonds is 5. The Morgan fingerprint density at radius 1 is 1.32 bits per heavy atom. The summed E-state index contributed by atoms with van der Waals surface area (Å²) in [6.07, 6.45) is 2.85. The summed E-state index contributed by atoms with van der Waals surface area (Å²) in [5.41, 5.74) is 3.01. The van der Waals surface area contributed by atoms with Crippen molar-refractivity contribution in [1.82, 2.24) is 4.98 Å².